The molecular weight excluding hydrogens is 402 g/mol. The highest BCUT2D eigenvalue weighted by Gasteiger charge is 2.23. The number of oxime groups is 1. The van der Waals surface area contributed by atoms with Crippen molar-refractivity contribution >= 4 is 22.5 Å². The summed E-state index contributed by atoms with van der Waals surface area (Å²) in [7, 11) is 0. The Labute approximate surface area is 185 Å². The number of benzene rings is 3. The van der Waals surface area contributed by atoms with E-state index in [-0.39, 0.29) is 12.0 Å². The minimum atomic E-state index is -0.179. The first-order chi connectivity index (χ1) is 15.8. The van der Waals surface area contributed by atoms with E-state index < -0.39 is 0 Å². The van der Waals surface area contributed by atoms with Gasteiger partial charge in [0.05, 0.1) is 12.3 Å². The first kappa shape index (κ1) is 19.9. The van der Waals surface area contributed by atoms with E-state index in [4.69, 9.17) is 9.57 Å². The van der Waals surface area contributed by atoms with Gasteiger partial charge in [0.15, 0.2) is 6.10 Å². The molecule has 1 aromatic heterocycles. The molecule has 2 heterocycles. The van der Waals surface area contributed by atoms with Crippen LogP contribution in [0.2, 0.25) is 0 Å². The van der Waals surface area contributed by atoms with Crippen molar-refractivity contribution in [1.82, 2.24) is 10.3 Å². The maximum absolute atomic E-state index is 12.5. The van der Waals surface area contributed by atoms with Gasteiger partial charge >= 0.3 is 0 Å². The van der Waals surface area contributed by atoms with Gasteiger partial charge in [-0.3, -0.25) is 4.79 Å². The zero-order valence-electron chi connectivity index (χ0n) is 17.5. The van der Waals surface area contributed by atoms with Gasteiger partial charge in [-0.2, -0.15) is 0 Å². The summed E-state index contributed by atoms with van der Waals surface area (Å²) in [5, 5.41) is 8.06. The lowest BCUT2D eigenvalue weighted by atomic mass is 10.0. The Morgan fingerprint density at radius 3 is 2.81 bits per heavy atom. The summed E-state index contributed by atoms with van der Waals surface area (Å²) in [6.45, 7) is 0.732. The van der Waals surface area contributed by atoms with E-state index >= 15 is 0 Å². The van der Waals surface area contributed by atoms with Crippen molar-refractivity contribution in [3.63, 3.8) is 0 Å². The van der Waals surface area contributed by atoms with E-state index in [1.54, 1.807) is 0 Å². The van der Waals surface area contributed by atoms with Crippen molar-refractivity contribution in [2.75, 3.05) is 13.2 Å². The molecule has 0 saturated heterocycles. The molecule has 32 heavy (non-hydrogen) atoms. The first-order valence-electron chi connectivity index (χ1n) is 10.6. The lowest BCUT2D eigenvalue weighted by molar-refractivity contribution is 0.0472. The van der Waals surface area contributed by atoms with Gasteiger partial charge < -0.3 is 19.9 Å². The minimum Gasteiger partial charge on any atom is -0.489 e. The summed E-state index contributed by atoms with van der Waals surface area (Å²) in [4.78, 5) is 21.1. The van der Waals surface area contributed by atoms with Crippen LogP contribution in [0.3, 0.4) is 0 Å². The number of fused-ring (bicyclic) bond motifs is 1. The van der Waals surface area contributed by atoms with Crippen LogP contribution in [0.4, 0.5) is 0 Å². The molecule has 3 aromatic carbocycles. The average molecular weight is 425 g/mol. The van der Waals surface area contributed by atoms with E-state index in [0.717, 1.165) is 33.5 Å². The van der Waals surface area contributed by atoms with Crippen molar-refractivity contribution in [2.24, 2.45) is 5.16 Å². The molecule has 6 heteroatoms. The maximum Gasteiger partial charge on any atom is 0.251 e. The summed E-state index contributed by atoms with van der Waals surface area (Å²) >= 11 is 0. The van der Waals surface area contributed by atoms with Crippen molar-refractivity contribution in [1.29, 1.82) is 0 Å². The number of carbonyl (C=O) groups is 1. The third-order valence-electron chi connectivity index (χ3n) is 5.46. The number of nitrogens with zero attached hydrogens (tertiary/aromatic N) is 1. The van der Waals surface area contributed by atoms with Gasteiger partial charge in [0, 0.05) is 34.6 Å². The van der Waals surface area contributed by atoms with Gasteiger partial charge in [0.1, 0.15) is 12.4 Å². The minimum absolute atomic E-state index is 0.132. The molecule has 0 radical (unpaired) electrons. The van der Waals surface area contributed by atoms with Crippen molar-refractivity contribution in [3.8, 4) is 16.9 Å². The van der Waals surface area contributed by atoms with Crippen LogP contribution < -0.4 is 10.1 Å². The molecule has 1 aliphatic rings. The second-order valence-electron chi connectivity index (χ2n) is 7.72. The van der Waals surface area contributed by atoms with Gasteiger partial charge in [-0.1, -0.05) is 53.7 Å². The molecule has 1 amide bonds. The van der Waals surface area contributed by atoms with Gasteiger partial charge in [-0.15, -0.1) is 0 Å². The molecule has 6 nitrogen and oxygen atoms in total. The van der Waals surface area contributed by atoms with Crippen LogP contribution in [0.15, 0.2) is 90.2 Å². The predicted molar refractivity (Wildman–Crippen MR) is 125 cm³/mol. The highest BCUT2D eigenvalue weighted by molar-refractivity contribution is 6.00. The quantitative estimate of drug-likeness (QED) is 0.447. The monoisotopic (exact) mass is 425 g/mol. The number of H-pyrrole nitrogens is 1. The largest absolute Gasteiger partial charge is 0.489 e. The Hall–Kier alpha value is -4.06. The van der Waals surface area contributed by atoms with E-state index in [9.17, 15) is 4.79 Å². The SMILES string of the molecule is O=C(NCC1=NOC(COc2ccccc2-c2ccccc2)C1)c1ccc2[nH]ccc2c1. The number of hydrogen-bond acceptors (Lipinski definition) is 4. The van der Waals surface area contributed by atoms with Gasteiger partial charge in [0.25, 0.3) is 5.91 Å². The lowest BCUT2D eigenvalue weighted by Crippen LogP contribution is -2.30. The van der Waals surface area contributed by atoms with E-state index in [2.05, 4.69) is 27.6 Å². The lowest BCUT2D eigenvalue weighted by Gasteiger charge is -2.14. The van der Waals surface area contributed by atoms with Crippen LogP contribution >= 0.6 is 0 Å². The first-order valence-corrected chi connectivity index (χ1v) is 10.6. The molecule has 1 unspecified atom stereocenters. The molecule has 4 aromatic rings. The standard InChI is InChI=1S/C26H23N3O3/c30-26(20-10-11-24-19(14-20)12-13-27-24)28-16-21-15-22(32-29-21)17-31-25-9-5-4-8-23(25)18-6-2-1-3-7-18/h1-14,22,27H,15-17H2,(H,28,30). The number of carbonyl (C=O) groups excluding carboxylic acids is 1. The highest BCUT2D eigenvalue weighted by Crippen LogP contribution is 2.30. The number of hydrogen-bond donors (Lipinski definition) is 2. The fourth-order valence-corrected chi connectivity index (χ4v) is 3.79. The molecule has 1 atom stereocenters. The topological polar surface area (TPSA) is 75.7 Å². The number of para-hydroxylation sites is 1. The second-order valence-corrected chi connectivity index (χ2v) is 7.72. The summed E-state index contributed by atoms with van der Waals surface area (Å²) in [6, 6.07) is 25.6. The summed E-state index contributed by atoms with van der Waals surface area (Å²) in [6.07, 6.45) is 2.30. The normalized spacial score (nSPS) is 15.2. The molecule has 0 bridgehead atoms. The highest BCUT2D eigenvalue weighted by atomic mass is 16.7. The van der Waals surface area contributed by atoms with Crippen LogP contribution in [-0.2, 0) is 4.84 Å². The van der Waals surface area contributed by atoms with Crippen LogP contribution in [0, 0.1) is 0 Å². The molecule has 160 valence electrons. The summed E-state index contributed by atoms with van der Waals surface area (Å²) < 4.78 is 6.06. The van der Waals surface area contributed by atoms with E-state index in [1.165, 1.54) is 0 Å². The van der Waals surface area contributed by atoms with E-state index in [0.29, 0.717) is 25.1 Å². The van der Waals surface area contributed by atoms with Crippen LogP contribution in [0.5, 0.6) is 5.75 Å². The molecular formula is C26H23N3O3. The maximum atomic E-state index is 12.5. The number of rotatable bonds is 7. The smallest absolute Gasteiger partial charge is 0.251 e. The predicted octanol–water partition coefficient (Wildman–Crippen LogP) is 4.79. The fraction of sp³-hybridized carbons (Fsp3) is 0.154. The molecule has 0 aliphatic carbocycles. The molecule has 0 fully saturated rings. The number of aromatic nitrogens is 1. The van der Waals surface area contributed by atoms with Crippen molar-refractivity contribution < 1.29 is 14.4 Å². The third-order valence-corrected chi connectivity index (χ3v) is 5.46. The Bertz CT molecular complexity index is 1260. The van der Waals surface area contributed by atoms with Gasteiger partial charge in [0.2, 0.25) is 0 Å². The second kappa shape index (κ2) is 8.98. The zero-order chi connectivity index (χ0) is 21.8. The molecule has 5 rings (SSSR count). The van der Waals surface area contributed by atoms with Crippen molar-refractivity contribution in [2.45, 2.75) is 12.5 Å². The summed E-state index contributed by atoms with van der Waals surface area (Å²) in [5.74, 6) is 0.677. The van der Waals surface area contributed by atoms with Crippen LogP contribution in [0.25, 0.3) is 22.0 Å². The fourth-order valence-electron chi connectivity index (χ4n) is 3.79. The Morgan fingerprint density at radius 1 is 1.06 bits per heavy atom. The number of amides is 1. The van der Waals surface area contributed by atoms with Crippen LogP contribution in [0.1, 0.15) is 16.8 Å². The molecule has 0 spiro atoms. The molecule has 2 N–H and O–H groups in total. The van der Waals surface area contributed by atoms with Gasteiger partial charge in [-0.25, -0.2) is 0 Å². The van der Waals surface area contributed by atoms with E-state index in [1.807, 2.05) is 72.9 Å². The van der Waals surface area contributed by atoms with Crippen LogP contribution in [-0.4, -0.2) is 35.9 Å². The molecule has 0 saturated carbocycles. The number of ether oxygens (including phenoxy) is 1. The van der Waals surface area contributed by atoms with Crippen molar-refractivity contribution in [3.05, 3.63) is 90.6 Å². The Balaban J connectivity index is 1.13. The zero-order valence-corrected chi connectivity index (χ0v) is 17.5. The number of nitrogens with one attached hydrogen (secondary N) is 2. The Morgan fingerprint density at radius 2 is 1.91 bits per heavy atom. The Kier molecular flexibility index (Phi) is 5.58. The summed E-state index contributed by atoms with van der Waals surface area (Å²) in [5.41, 5.74) is 4.57. The number of aromatic amines is 1. The molecule has 1 aliphatic heterocycles. The average Bonchev–Trinajstić information content (AvgIpc) is 3.51. The third kappa shape index (κ3) is 4.34. The van der Waals surface area contributed by atoms with Gasteiger partial charge in [-0.05, 0) is 35.9 Å².